The standard InChI is InChI=1S/C16H32N2O2/c1-7-14(19)12-8-13(10-18(9-12)11(2)3)17-15(20)16(4,5)6/h11-14,19H,7-10H2,1-6H3,(H,17,20). The number of aliphatic hydroxyl groups is 1. The van der Waals surface area contributed by atoms with E-state index in [1.807, 2.05) is 27.7 Å². The number of piperidine rings is 1. The van der Waals surface area contributed by atoms with Crippen molar-refractivity contribution in [3.63, 3.8) is 0 Å². The Kier molecular flexibility index (Phi) is 6.02. The van der Waals surface area contributed by atoms with Gasteiger partial charge in [-0.25, -0.2) is 0 Å². The van der Waals surface area contributed by atoms with Crippen molar-refractivity contribution in [3.05, 3.63) is 0 Å². The largest absolute Gasteiger partial charge is 0.393 e. The van der Waals surface area contributed by atoms with Gasteiger partial charge in [0.15, 0.2) is 0 Å². The monoisotopic (exact) mass is 284 g/mol. The molecule has 1 aliphatic heterocycles. The first-order valence-corrected chi connectivity index (χ1v) is 7.88. The third-order valence-corrected chi connectivity index (χ3v) is 4.22. The highest BCUT2D eigenvalue weighted by Crippen LogP contribution is 2.24. The molecule has 0 aliphatic carbocycles. The van der Waals surface area contributed by atoms with Gasteiger partial charge in [0, 0.05) is 30.6 Å². The van der Waals surface area contributed by atoms with Crippen LogP contribution >= 0.6 is 0 Å². The van der Waals surface area contributed by atoms with Crippen LogP contribution in [0, 0.1) is 11.3 Å². The Morgan fingerprint density at radius 2 is 1.95 bits per heavy atom. The molecule has 1 amide bonds. The lowest BCUT2D eigenvalue weighted by molar-refractivity contribution is -0.130. The molecule has 1 fully saturated rings. The van der Waals surface area contributed by atoms with Crippen LogP contribution in [0.25, 0.3) is 0 Å². The average molecular weight is 284 g/mol. The van der Waals surface area contributed by atoms with Gasteiger partial charge in [-0.2, -0.15) is 0 Å². The van der Waals surface area contributed by atoms with E-state index in [4.69, 9.17) is 0 Å². The molecule has 20 heavy (non-hydrogen) atoms. The molecule has 1 saturated heterocycles. The summed E-state index contributed by atoms with van der Waals surface area (Å²) in [5.74, 6) is 0.347. The van der Waals surface area contributed by atoms with E-state index in [-0.39, 0.29) is 29.4 Å². The third kappa shape index (κ3) is 4.74. The number of nitrogens with one attached hydrogen (secondary N) is 1. The van der Waals surface area contributed by atoms with E-state index in [1.54, 1.807) is 0 Å². The first kappa shape index (κ1) is 17.4. The number of likely N-dealkylation sites (tertiary alicyclic amines) is 1. The van der Waals surface area contributed by atoms with Crippen LogP contribution in [0.3, 0.4) is 0 Å². The fraction of sp³-hybridized carbons (Fsp3) is 0.938. The van der Waals surface area contributed by atoms with Crippen molar-refractivity contribution in [1.29, 1.82) is 0 Å². The molecule has 0 aromatic rings. The number of rotatable bonds is 4. The second kappa shape index (κ2) is 6.90. The maximum atomic E-state index is 12.2. The molecule has 0 spiro atoms. The van der Waals surface area contributed by atoms with E-state index in [0.717, 1.165) is 25.9 Å². The molecular formula is C16H32N2O2. The summed E-state index contributed by atoms with van der Waals surface area (Å²) < 4.78 is 0. The van der Waals surface area contributed by atoms with Gasteiger partial charge >= 0.3 is 0 Å². The van der Waals surface area contributed by atoms with Crippen molar-refractivity contribution in [2.45, 2.75) is 72.6 Å². The smallest absolute Gasteiger partial charge is 0.225 e. The predicted octanol–water partition coefficient (Wildman–Crippen LogP) is 2.02. The summed E-state index contributed by atoms with van der Waals surface area (Å²) in [7, 11) is 0. The van der Waals surface area contributed by atoms with Gasteiger partial charge < -0.3 is 10.4 Å². The molecule has 4 heteroatoms. The second-order valence-corrected chi connectivity index (χ2v) is 7.44. The van der Waals surface area contributed by atoms with E-state index in [2.05, 4.69) is 24.1 Å². The molecule has 0 bridgehead atoms. The third-order valence-electron chi connectivity index (χ3n) is 4.22. The number of carbonyl (C=O) groups excluding carboxylic acids is 1. The number of hydrogen-bond acceptors (Lipinski definition) is 3. The number of amides is 1. The first-order chi connectivity index (χ1) is 9.15. The number of hydrogen-bond donors (Lipinski definition) is 2. The molecule has 0 aromatic carbocycles. The van der Waals surface area contributed by atoms with Gasteiger partial charge in [0.1, 0.15) is 0 Å². The molecule has 0 aromatic heterocycles. The van der Waals surface area contributed by atoms with Crippen LogP contribution in [0.4, 0.5) is 0 Å². The molecular weight excluding hydrogens is 252 g/mol. The lowest BCUT2D eigenvalue weighted by Crippen LogP contribution is -2.56. The van der Waals surface area contributed by atoms with Crippen LogP contribution < -0.4 is 5.32 Å². The summed E-state index contributed by atoms with van der Waals surface area (Å²) in [5.41, 5.74) is -0.362. The molecule has 118 valence electrons. The van der Waals surface area contributed by atoms with Gasteiger partial charge in [-0.3, -0.25) is 9.69 Å². The van der Waals surface area contributed by atoms with Crippen LogP contribution in [0.5, 0.6) is 0 Å². The van der Waals surface area contributed by atoms with Crippen molar-refractivity contribution < 1.29 is 9.90 Å². The molecule has 0 radical (unpaired) electrons. The number of nitrogens with zero attached hydrogens (tertiary/aromatic N) is 1. The van der Waals surface area contributed by atoms with Gasteiger partial charge in [-0.1, -0.05) is 27.7 Å². The van der Waals surface area contributed by atoms with Gasteiger partial charge in [0.25, 0.3) is 0 Å². The van der Waals surface area contributed by atoms with Crippen LogP contribution in [0.15, 0.2) is 0 Å². The Morgan fingerprint density at radius 1 is 1.35 bits per heavy atom. The van der Waals surface area contributed by atoms with Crippen molar-refractivity contribution in [2.24, 2.45) is 11.3 Å². The predicted molar refractivity (Wildman–Crippen MR) is 82.5 cm³/mol. The van der Waals surface area contributed by atoms with E-state index >= 15 is 0 Å². The summed E-state index contributed by atoms with van der Waals surface area (Å²) in [6.07, 6.45) is 1.38. The fourth-order valence-electron chi connectivity index (χ4n) is 2.71. The van der Waals surface area contributed by atoms with Gasteiger partial charge in [-0.15, -0.1) is 0 Å². The quantitative estimate of drug-likeness (QED) is 0.830. The molecule has 1 rings (SSSR count). The summed E-state index contributed by atoms with van der Waals surface area (Å²) in [6, 6.07) is 0.583. The first-order valence-electron chi connectivity index (χ1n) is 7.88. The Morgan fingerprint density at radius 3 is 2.40 bits per heavy atom. The molecule has 3 unspecified atom stereocenters. The normalized spacial score (nSPS) is 26.6. The molecule has 0 saturated carbocycles. The molecule has 1 heterocycles. The zero-order valence-corrected chi connectivity index (χ0v) is 13.9. The Labute approximate surface area is 123 Å². The van der Waals surface area contributed by atoms with Gasteiger partial charge in [0.2, 0.25) is 5.91 Å². The summed E-state index contributed by atoms with van der Waals surface area (Å²) in [5, 5.41) is 13.3. The Hall–Kier alpha value is -0.610. The zero-order chi connectivity index (χ0) is 15.5. The van der Waals surface area contributed by atoms with Crippen LogP contribution in [-0.4, -0.2) is 47.2 Å². The average Bonchev–Trinajstić information content (AvgIpc) is 2.36. The van der Waals surface area contributed by atoms with Crippen LogP contribution in [0.2, 0.25) is 0 Å². The van der Waals surface area contributed by atoms with Crippen molar-refractivity contribution >= 4 is 5.91 Å². The summed E-state index contributed by atoms with van der Waals surface area (Å²) >= 11 is 0. The second-order valence-electron chi connectivity index (χ2n) is 7.44. The van der Waals surface area contributed by atoms with E-state index in [9.17, 15) is 9.90 Å². The Balaban J connectivity index is 2.72. The lowest BCUT2D eigenvalue weighted by Gasteiger charge is -2.42. The Bertz CT molecular complexity index is 323. The highest BCUT2D eigenvalue weighted by atomic mass is 16.3. The minimum absolute atomic E-state index is 0.0952. The van der Waals surface area contributed by atoms with Crippen molar-refractivity contribution in [2.75, 3.05) is 13.1 Å². The topological polar surface area (TPSA) is 52.6 Å². The summed E-state index contributed by atoms with van der Waals surface area (Å²) in [6.45, 7) is 14.0. The van der Waals surface area contributed by atoms with E-state index in [1.165, 1.54) is 0 Å². The number of aliphatic hydroxyl groups excluding tert-OH is 1. The lowest BCUT2D eigenvalue weighted by atomic mass is 9.87. The highest BCUT2D eigenvalue weighted by molar-refractivity contribution is 5.81. The molecule has 2 N–H and O–H groups in total. The van der Waals surface area contributed by atoms with Crippen LogP contribution in [-0.2, 0) is 4.79 Å². The maximum Gasteiger partial charge on any atom is 0.225 e. The van der Waals surface area contributed by atoms with E-state index < -0.39 is 0 Å². The van der Waals surface area contributed by atoms with Gasteiger partial charge in [0.05, 0.1) is 6.10 Å². The minimum atomic E-state index is -0.362. The molecule has 4 nitrogen and oxygen atoms in total. The summed E-state index contributed by atoms with van der Waals surface area (Å²) in [4.78, 5) is 14.5. The zero-order valence-electron chi connectivity index (χ0n) is 13.9. The van der Waals surface area contributed by atoms with Crippen molar-refractivity contribution in [3.8, 4) is 0 Å². The van der Waals surface area contributed by atoms with Crippen LogP contribution in [0.1, 0.15) is 54.4 Å². The SMILES string of the molecule is CCC(O)C1CC(NC(=O)C(C)(C)C)CN(C(C)C)C1. The van der Waals surface area contributed by atoms with Crippen molar-refractivity contribution in [1.82, 2.24) is 10.2 Å². The number of carbonyl (C=O) groups is 1. The fourth-order valence-corrected chi connectivity index (χ4v) is 2.71. The molecule has 1 aliphatic rings. The highest BCUT2D eigenvalue weighted by Gasteiger charge is 2.34. The minimum Gasteiger partial charge on any atom is -0.393 e. The maximum absolute atomic E-state index is 12.2. The van der Waals surface area contributed by atoms with Gasteiger partial charge in [-0.05, 0) is 32.6 Å². The van der Waals surface area contributed by atoms with E-state index in [0.29, 0.717) is 6.04 Å². The molecule has 3 atom stereocenters.